The molecule has 3 rings (SSSR count). The molecule has 21 heavy (non-hydrogen) atoms. The average Bonchev–Trinajstić information content (AvgIpc) is 2.96. The van der Waals surface area contributed by atoms with Crippen LogP contribution in [-0.4, -0.2) is 16.1 Å². The Bertz CT molecular complexity index is 857. The molecule has 6 heteroatoms. The van der Waals surface area contributed by atoms with Crippen LogP contribution in [-0.2, 0) is 0 Å². The second-order valence-electron chi connectivity index (χ2n) is 4.50. The fourth-order valence-corrected chi connectivity index (χ4v) is 2.31. The van der Waals surface area contributed by atoms with Crippen molar-refractivity contribution in [3.8, 4) is 11.5 Å². The summed E-state index contributed by atoms with van der Waals surface area (Å²) in [6, 6.07) is 4.97. The Morgan fingerprint density at radius 2 is 1.95 bits per heavy atom. The first-order chi connectivity index (χ1) is 10.0. The molecule has 1 aromatic carbocycles. The summed E-state index contributed by atoms with van der Waals surface area (Å²) < 4.78 is 33.0. The number of rotatable bonds is 2. The van der Waals surface area contributed by atoms with Crippen LogP contribution in [0.5, 0.6) is 0 Å². The summed E-state index contributed by atoms with van der Waals surface area (Å²) in [5.74, 6) is -2.68. The molecular formula is C15H9F2NO3. The Hall–Kier alpha value is -2.76. The molecule has 4 nitrogen and oxygen atoms in total. The van der Waals surface area contributed by atoms with Gasteiger partial charge in [0.25, 0.3) is 0 Å². The number of fused-ring (bicyclic) bond motifs is 1. The van der Waals surface area contributed by atoms with Crippen LogP contribution in [0, 0.1) is 18.6 Å². The minimum absolute atomic E-state index is 0.175. The van der Waals surface area contributed by atoms with Gasteiger partial charge in [-0.05, 0) is 36.8 Å². The van der Waals surface area contributed by atoms with Gasteiger partial charge in [-0.1, -0.05) is 0 Å². The Morgan fingerprint density at radius 1 is 1.24 bits per heavy atom. The van der Waals surface area contributed by atoms with Crippen molar-refractivity contribution in [2.75, 3.05) is 0 Å². The van der Waals surface area contributed by atoms with Gasteiger partial charge < -0.3 is 9.52 Å². The number of carboxylic acid groups (broad SMARTS) is 1. The SMILES string of the molecule is Cc1c(-c2ccco2)nc2c(F)ccc(F)c2c1C(=O)O. The van der Waals surface area contributed by atoms with Gasteiger partial charge in [-0.2, -0.15) is 0 Å². The molecule has 1 N–H and O–H groups in total. The number of halogens is 2. The van der Waals surface area contributed by atoms with Crippen molar-refractivity contribution in [2.24, 2.45) is 0 Å². The van der Waals surface area contributed by atoms with Gasteiger partial charge in [0.1, 0.15) is 22.8 Å². The summed E-state index contributed by atoms with van der Waals surface area (Å²) in [5.41, 5.74) is -0.253. The molecule has 106 valence electrons. The minimum atomic E-state index is -1.35. The van der Waals surface area contributed by atoms with Gasteiger partial charge in [-0.15, -0.1) is 0 Å². The van der Waals surface area contributed by atoms with E-state index in [1.165, 1.54) is 13.2 Å². The standard InChI is InChI=1S/C15H9F2NO3/c1-7-11(15(19)20)12-8(16)4-5-9(17)14(12)18-13(7)10-3-2-6-21-10/h2-6H,1H3,(H,19,20). The third-order valence-electron chi connectivity index (χ3n) is 3.25. The lowest BCUT2D eigenvalue weighted by atomic mass is 10.00. The summed E-state index contributed by atoms with van der Waals surface area (Å²) in [6.45, 7) is 1.48. The van der Waals surface area contributed by atoms with Crippen LogP contribution in [0.1, 0.15) is 15.9 Å². The number of nitrogens with zero attached hydrogens (tertiary/aromatic N) is 1. The zero-order valence-corrected chi connectivity index (χ0v) is 10.9. The number of hydrogen-bond donors (Lipinski definition) is 1. The Morgan fingerprint density at radius 3 is 2.57 bits per heavy atom. The number of benzene rings is 1. The predicted octanol–water partition coefficient (Wildman–Crippen LogP) is 3.78. The van der Waals surface area contributed by atoms with Gasteiger partial charge in [-0.3, -0.25) is 0 Å². The number of carboxylic acids is 1. The molecule has 0 aliphatic heterocycles. The van der Waals surface area contributed by atoms with Gasteiger partial charge >= 0.3 is 5.97 Å². The third kappa shape index (κ3) is 1.96. The quantitative estimate of drug-likeness (QED) is 0.779. The molecule has 2 aromatic heterocycles. The first-order valence-electron chi connectivity index (χ1n) is 6.06. The predicted molar refractivity (Wildman–Crippen MR) is 71.1 cm³/mol. The van der Waals surface area contributed by atoms with Gasteiger partial charge in [0, 0.05) is 0 Å². The highest BCUT2D eigenvalue weighted by molar-refractivity contribution is 6.05. The highest BCUT2D eigenvalue weighted by atomic mass is 19.1. The van der Waals surface area contributed by atoms with E-state index >= 15 is 0 Å². The first-order valence-corrected chi connectivity index (χ1v) is 6.06. The summed E-state index contributed by atoms with van der Waals surface area (Å²) in [7, 11) is 0. The third-order valence-corrected chi connectivity index (χ3v) is 3.25. The topological polar surface area (TPSA) is 63.3 Å². The number of hydrogen-bond acceptors (Lipinski definition) is 3. The molecule has 0 aliphatic rings. The van der Waals surface area contributed by atoms with Crippen LogP contribution in [0.25, 0.3) is 22.4 Å². The second kappa shape index (κ2) is 4.66. The van der Waals surface area contributed by atoms with Crippen molar-refractivity contribution in [1.82, 2.24) is 4.98 Å². The zero-order valence-electron chi connectivity index (χ0n) is 10.9. The van der Waals surface area contributed by atoms with Crippen LogP contribution >= 0.6 is 0 Å². The molecule has 0 saturated heterocycles. The maximum Gasteiger partial charge on any atom is 0.336 e. The zero-order chi connectivity index (χ0) is 15.1. The van der Waals surface area contributed by atoms with Crippen LogP contribution in [0.4, 0.5) is 8.78 Å². The number of furan rings is 1. The maximum absolute atomic E-state index is 13.9. The lowest BCUT2D eigenvalue weighted by molar-refractivity contribution is 0.0698. The van der Waals surface area contributed by atoms with E-state index in [1.54, 1.807) is 12.1 Å². The lowest BCUT2D eigenvalue weighted by Gasteiger charge is -2.11. The molecule has 0 aliphatic carbocycles. The molecule has 0 radical (unpaired) electrons. The number of carbonyl (C=O) groups is 1. The van der Waals surface area contributed by atoms with Crippen LogP contribution < -0.4 is 0 Å². The molecule has 0 unspecified atom stereocenters. The van der Waals surface area contributed by atoms with Crippen molar-refractivity contribution in [3.63, 3.8) is 0 Å². The highest BCUT2D eigenvalue weighted by Crippen LogP contribution is 2.32. The van der Waals surface area contributed by atoms with E-state index in [-0.39, 0.29) is 27.7 Å². The largest absolute Gasteiger partial charge is 0.478 e. The van der Waals surface area contributed by atoms with Gasteiger partial charge in [-0.25, -0.2) is 18.6 Å². The summed E-state index contributed by atoms with van der Waals surface area (Å²) in [5, 5.41) is 9.02. The number of aromatic carboxylic acids is 1. The Labute approximate surface area is 117 Å². The molecule has 0 bridgehead atoms. The molecule has 0 amide bonds. The van der Waals surface area contributed by atoms with E-state index in [4.69, 9.17) is 4.42 Å². The molecule has 2 heterocycles. The molecular weight excluding hydrogens is 280 g/mol. The van der Waals surface area contributed by atoms with E-state index < -0.39 is 17.6 Å². The van der Waals surface area contributed by atoms with Gasteiger partial charge in [0.05, 0.1) is 17.2 Å². The van der Waals surface area contributed by atoms with Gasteiger partial charge in [0.15, 0.2) is 5.76 Å². The maximum atomic E-state index is 13.9. The van der Waals surface area contributed by atoms with Gasteiger partial charge in [0.2, 0.25) is 0 Å². The Balaban J connectivity index is 2.52. The molecule has 0 fully saturated rings. The van der Waals surface area contributed by atoms with E-state index in [2.05, 4.69) is 4.98 Å². The summed E-state index contributed by atoms with van der Waals surface area (Å²) >= 11 is 0. The Kier molecular flexibility index (Phi) is 2.94. The van der Waals surface area contributed by atoms with Crippen LogP contribution in [0.3, 0.4) is 0 Å². The lowest BCUT2D eigenvalue weighted by Crippen LogP contribution is -2.07. The van der Waals surface area contributed by atoms with Crippen molar-refractivity contribution in [3.05, 3.63) is 53.3 Å². The minimum Gasteiger partial charge on any atom is -0.478 e. The van der Waals surface area contributed by atoms with E-state index in [0.717, 1.165) is 12.1 Å². The normalized spacial score (nSPS) is 11.0. The summed E-state index contributed by atoms with van der Waals surface area (Å²) in [4.78, 5) is 15.5. The van der Waals surface area contributed by atoms with Crippen molar-refractivity contribution >= 4 is 16.9 Å². The molecule has 0 spiro atoms. The fraction of sp³-hybridized carbons (Fsp3) is 0.0667. The van der Waals surface area contributed by atoms with E-state index in [1.807, 2.05) is 0 Å². The number of aromatic nitrogens is 1. The van der Waals surface area contributed by atoms with Crippen molar-refractivity contribution in [1.29, 1.82) is 0 Å². The smallest absolute Gasteiger partial charge is 0.336 e. The second-order valence-corrected chi connectivity index (χ2v) is 4.50. The fourth-order valence-electron chi connectivity index (χ4n) is 2.31. The average molecular weight is 289 g/mol. The van der Waals surface area contributed by atoms with Crippen molar-refractivity contribution < 1.29 is 23.1 Å². The van der Waals surface area contributed by atoms with Crippen LogP contribution in [0.15, 0.2) is 34.9 Å². The van der Waals surface area contributed by atoms with E-state index in [9.17, 15) is 18.7 Å². The summed E-state index contributed by atoms with van der Waals surface area (Å²) in [6.07, 6.45) is 1.39. The molecule has 3 aromatic rings. The van der Waals surface area contributed by atoms with Crippen LogP contribution in [0.2, 0.25) is 0 Å². The molecule has 0 atom stereocenters. The number of pyridine rings is 1. The molecule has 0 saturated carbocycles. The van der Waals surface area contributed by atoms with E-state index in [0.29, 0.717) is 5.76 Å². The monoisotopic (exact) mass is 289 g/mol. The van der Waals surface area contributed by atoms with Crippen molar-refractivity contribution in [2.45, 2.75) is 6.92 Å². The highest BCUT2D eigenvalue weighted by Gasteiger charge is 2.23. The first kappa shape index (κ1) is 13.2.